The van der Waals surface area contributed by atoms with Crippen LogP contribution in [-0.2, 0) is 14.3 Å². The first-order chi connectivity index (χ1) is 13.2. The molecule has 0 aliphatic carbocycles. The zero-order chi connectivity index (χ0) is 20.0. The predicted octanol–water partition coefficient (Wildman–Crippen LogP) is 3.96. The molecule has 3 aliphatic rings. The van der Waals surface area contributed by atoms with Crippen molar-refractivity contribution in [1.82, 2.24) is 0 Å². The highest BCUT2D eigenvalue weighted by Crippen LogP contribution is 2.61. The monoisotopic (exact) mass is 444 g/mol. The van der Waals surface area contributed by atoms with Gasteiger partial charge in [-0.3, -0.25) is 19.7 Å². The van der Waals surface area contributed by atoms with E-state index in [-0.39, 0.29) is 17.5 Å². The van der Waals surface area contributed by atoms with Crippen molar-refractivity contribution in [2.75, 3.05) is 4.90 Å². The molecular weight excluding hydrogens is 428 g/mol. The number of anilines is 1. The number of amides is 2. The summed E-state index contributed by atoms with van der Waals surface area (Å²) in [4.78, 5) is 39.0. The van der Waals surface area contributed by atoms with Crippen LogP contribution < -0.4 is 4.90 Å². The van der Waals surface area contributed by atoms with Crippen LogP contribution in [0.15, 0.2) is 34.8 Å². The van der Waals surface area contributed by atoms with Crippen molar-refractivity contribution in [2.24, 2.45) is 11.8 Å². The van der Waals surface area contributed by atoms with Gasteiger partial charge in [-0.2, -0.15) is 0 Å². The molecule has 2 amide bonds. The van der Waals surface area contributed by atoms with Gasteiger partial charge in [0.25, 0.3) is 5.69 Å². The van der Waals surface area contributed by atoms with Gasteiger partial charge in [0.2, 0.25) is 11.8 Å². The average molecular weight is 445 g/mol. The van der Waals surface area contributed by atoms with Gasteiger partial charge in [0.1, 0.15) is 0 Å². The molecule has 4 atom stereocenters. The number of carbonyl (C=O) groups excluding carboxylic acids is 2. The van der Waals surface area contributed by atoms with E-state index in [9.17, 15) is 19.7 Å². The van der Waals surface area contributed by atoms with Gasteiger partial charge in [-0.1, -0.05) is 12.1 Å². The van der Waals surface area contributed by atoms with E-state index in [0.717, 1.165) is 12.8 Å². The van der Waals surface area contributed by atoms with Crippen molar-refractivity contribution in [2.45, 2.75) is 37.9 Å². The normalized spacial score (nSPS) is 33.8. The fraction of sp³-hybridized carbons (Fsp3) is 0.400. The number of rotatable bonds is 2. The Hall–Kier alpha value is -2.32. The number of nitrogens with zero attached hydrogens (tertiary/aromatic N) is 2. The molecule has 0 radical (unpaired) electrons. The molecule has 2 bridgehead atoms. The Morgan fingerprint density at radius 2 is 1.71 bits per heavy atom. The minimum atomic E-state index is -0.641. The maximum Gasteiger partial charge on any atom is 0.278 e. The molecule has 3 heterocycles. The maximum absolute atomic E-state index is 13.4. The zero-order valence-corrected chi connectivity index (χ0v) is 16.9. The highest BCUT2D eigenvalue weighted by atomic mass is 79.9. The predicted molar refractivity (Wildman–Crippen MR) is 105 cm³/mol. The summed E-state index contributed by atoms with van der Waals surface area (Å²) in [6.45, 7) is 3.81. The topological polar surface area (TPSA) is 89.8 Å². The highest BCUT2D eigenvalue weighted by Gasteiger charge is 2.72. The molecule has 0 N–H and O–H groups in total. The smallest absolute Gasteiger partial charge is 0.278 e. The number of imide groups is 1. The van der Waals surface area contributed by atoms with Crippen LogP contribution in [0.3, 0.4) is 0 Å². The first kappa shape index (κ1) is 17.8. The third kappa shape index (κ3) is 2.02. The number of ether oxygens (including phenoxy) is 1. The summed E-state index contributed by atoms with van der Waals surface area (Å²) in [5.74, 6) is -1.60. The standard InChI is InChI=1S/C20H17BrN2O5/c1-19-8-9-20(2,28-19)16-15(19)17(24)22(18(16)25)12-6-7-13(23(26)27)14-10(12)4-3-5-11(14)21/h3-7,15-16H,8-9H2,1-2H3/t15-,16+,19?,20?. The SMILES string of the molecule is CC12CCC(C)(O1)[C@H]1C(=O)N(c3ccc([N+](=O)[O-])c4c(Br)cccc34)C(=O)[C@H]12. The number of halogens is 1. The van der Waals surface area contributed by atoms with E-state index in [2.05, 4.69) is 15.9 Å². The second kappa shape index (κ2) is 5.39. The molecule has 5 rings (SSSR count). The summed E-state index contributed by atoms with van der Waals surface area (Å²) in [6, 6.07) is 7.99. The second-order valence-corrected chi connectivity index (χ2v) is 9.07. The third-order valence-electron chi connectivity index (χ3n) is 6.59. The minimum absolute atomic E-state index is 0.0761. The van der Waals surface area contributed by atoms with E-state index < -0.39 is 28.0 Å². The molecule has 144 valence electrons. The molecule has 28 heavy (non-hydrogen) atoms. The van der Waals surface area contributed by atoms with Crippen molar-refractivity contribution in [3.8, 4) is 0 Å². The van der Waals surface area contributed by atoms with E-state index in [1.54, 1.807) is 18.2 Å². The van der Waals surface area contributed by atoms with E-state index in [4.69, 9.17) is 4.74 Å². The molecule has 7 nitrogen and oxygen atoms in total. The van der Waals surface area contributed by atoms with Crippen LogP contribution in [0.1, 0.15) is 26.7 Å². The van der Waals surface area contributed by atoms with Gasteiger partial charge in [0, 0.05) is 15.9 Å². The molecular formula is C20H17BrN2O5. The van der Waals surface area contributed by atoms with Crippen molar-refractivity contribution in [3.05, 3.63) is 44.9 Å². The summed E-state index contributed by atoms with van der Waals surface area (Å²) < 4.78 is 6.67. The molecule has 0 spiro atoms. The number of nitro benzene ring substituents is 1. The lowest BCUT2D eigenvalue weighted by atomic mass is 9.69. The Kier molecular flexibility index (Phi) is 3.42. The fourth-order valence-electron chi connectivity index (χ4n) is 5.38. The van der Waals surface area contributed by atoms with Crippen LogP contribution >= 0.6 is 15.9 Å². The Bertz CT molecular complexity index is 1070. The van der Waals surface area contributed by atoms with Gasteiger partial charge in [0.05, 0.1) is 39.0 Å². The van der Waals surface area contributed by atoms with E-state index >= 15 is 0 Å². The molecule has 2 unspecified atom stereocenters. The first-order valence-electron chi connectivity index (χ1n) is 9.11. The zero-order valence-electron chi connectivity index (χ0n) is 15.3. The van der Waals surface area contributed by atoms with Crippen molar-refractivity contribution in [1.29, 1.82) is 0 Å². The lowest BCUT2D eigenvalue weighted by molar-refractivity contribution is -0.383. The Morgan fingerprint density at radius 1 is 1.11 bits per heavy atom. The Morgan fingerprint density at radius 3 is 2.29 bits per heavy atom. The minimum Gasteiger partial charge on any atom is -0.367 e. The van der Waals surface area contributed by atoms with Gasteiger partial charge in [-0.05, 0) is 54.8 Å². The molecule has 0 saturated carbocycles. The van der Waals surface area contributed by atoms with Crippen LogP contribution in [0, 0.1) is 22.0 Å². The average Bonchev–Trinajstić information content (AvgIpc) is 3.18. The summed E-state index contributed by atoms with van der Waals surface area (Å²) in [7, 11) is 0. The van der Waals surface area contributed by atoms with Crippen LogP contribution in [0.25, 0.3) is 10.8 Å². The van der Waals surface area contributed by atoms with Crippen LogP contribution in [0.4, 0.5) is 11.4 Å². The third-order valence-corrected chi connectivity index (χ3v) is 7.25. The number of non-ortho nitro benzene ring substituents is 1. The maximum atomic E-state index is 13.4. The number of hydrogen-bond donors (Lipinski definition) is 0. The number of fused-ring (bicyclic) bond motifs is 6. The molecule has 2 aromatic rings. The highest BCUT2D eigenvalue weighted by molar-refractivity contribution is 9.10. The van der Waals surface area contributed by atoms with E-state index in [1.165, 1.54) is 17.0 Å². The molecule has 2 aromatic carbocycles. The number of hydrogen-bond acceptors (Lipinski definition) is 5. The van der Waals surface area contributed by atoms with Crippen molar-refractivity contribution < 1.29 is 19.2 Å². The van der Waals surface area contributed by atoms with Crippen LogP contribution in [0.5, 0.6) is 0 Å². The van der Waals surface area contributed by atoms with Gasteiger partial charge >= 0.3 is 0 Å². The van der Waals surface area contributed by atoms with Crippen molar-refractivity contribution >= 4 is 49.9 Å². The van der Waals surface area contributed by atoms with Gasteiger partial charge in [-0.15, -0.1) is 0 Å². The number of carbonyl (C=O) groups is 2. The largest absolute Gasteiger partial charge is 0.367 e. The molecule has 0 aromatic heterocycles. The van der Waals surface area contributed by atoms with Gasteiger partial charge < -0.3 is 4.74 Å². The lowest BCUT2D eigenvalue weighted by Gasteiger charge is -2.27. The molecule has 3 saturated heterocycles. The van der Waals surface area contributed by atoms with Crippen molar-refractivity contribution in [3.63, 3.8) is 0 Å². The summed E-state index contributed by atoms with van der Waals surface area (Å²) in [5, 5.41) is 12.4. The van der Waals surface area contributed by atoms with Gasteiger partial charge in [0.15, 0.2) is 0 Å². The van der Waals surface area contributed by atoms with Crippen LogP contribution in [-0.4, -0.2) is 27.9 Å². The van der Waals surface area contributed by atoms with Gasteiger partial charge in [-0.25, -0.2) is 4.90 Å². The number of benzene rings is 2. The fourth-order valence-corrected chi connectivity index (χ4v) is 5.95. The quantitative estimate of drug-likeness (QED) is 0.397. The first-order valence-corrected chi connectivity index (χ1v) is 9.91. The summed E-state index contributed by atoms with van der Waals surface area (Å²) >= 11 is 3.37. The molecule has 8 heteroatoms. The van der Waals surface area contributed by atoms with E-state index in [1.807, 2.05) is 13.8 Å². The Balaban J connectivity index is 1.72. The second-order valence-electron chi connectivity index (χ2n) is 8.22. The molecule has 3 fully saturated rings. The Labute approximate surface area is 168 Å². The summed E-state index contributed by atoms with van der Waals surface area (Å²) in [6.07, 6.45) is 1.48. The molecule has 3 aliphatic heterocycles. The van der Waals surface area contributed by atoms with Crippen LogP contribution in [0.2, 0.25) is 0 Å². The lowest BCUT2D eigenvalue weighted by Crippen LogP contribution is -2.40. The number of nitro groups is 1. The van der Waals surface area contributed by atoms with E-state index in [0.29, 0.717) is 20.9 Å². The summed E-state index contributed by atoms with van der Waals surface area (Å²) in [5.41, 5.74) is -0.971.